The van der Waals surface area contributed by atoms with E-state index in [1.165, 1.54) is 0 Å². The minimum Gasteiger partial charge on any atom is -0.373 e. The maximum Gasteiger partial charge on any atom is 0.427 e. The molecule has 2 nitrogen and oxygen atoms in total. The van der Waals surface area contributed by atoms with Crippen LogP contribution in [0.5, 0.6) is 0 Å². The van der Waals surface area contributed by atoms with Crippen LogP contribution in [0.1, 0.15) is 30.9 Å². The molecule has 0 aliphatic heterocycles. The van der Waals surface area contributed by atoms with Crippen molar-refractivity contribution in [3.8, 4) is 0 Å². The van der Waals surface area contributed by atoms with Gasteiger partial charge in [-0.15, -0.1) is 0 Å². The van der Waals surface area contributed by atoms with Crippen molar-refractivity contribution in [1.82, 2.24) is 0 Å². The van der Waals surface area contributed by atoms with Gasteiger partial charge < -0.3 is 9.90 Å². The zero-order valence-electron chi connectivity index (χ0n) is 14.6. The maximum atomic E-state index is 13.4. The predicted octanol–water partition coefficient (Wildman–Crippen LogP) is 5.16. The van der Waals surface area contributed by atoms with Crippen LogP contribution in [0.25, 0.3) is 5.57 Å². The Morgan fingerprint density at radius 2 is 1.67 bits per heavy atom. The number of allylic oxidation sites excluding steroid dienone is 3. The summed E-state index contributed by atoms with van der Waals surface area (Å²) in [6, 6.07) is 6.89. The average Bonchev–Trinajstić information content (AvgIpc) is 2.59. The number of halogens is 6. The Hall–Kier alpha value is -2.09. The molecule has 8 heteroatoms. The number of hydrogen-bond acceptors (Lipinski definition) is 2. The first-order chi connectivity index (χ1) is 12.3. The van der Waals surface area contributed by atoms with E-state index in [4.69, 9.17) is 0 Å². The van der Waals surface area contributed by atoms with E-state index in [1.807, 2.05) is 0 Å². The summed E-state index contributed by atoms with van der Waals surface area (Å²) in [6.07, 6.45) is -11.8. The lowest BCUT2D eigenvalue weighted by molar-refractivity contribution is -0.390. The summed E-state index contributed by atoms with van der Waals surface area (Å²) in [4.78, 5) is 11.6. The molecule has 1 atom stereocenters. The van der Waals surface area contributed by atoms with Gasteiger partial charge in [0.2, 0.25) is 0 Å². The Kier molecular flexibility index (Phi) is 5.35. The number of alkyl halides is 6. The molecule has 1 aromatic carbocycles. The third-order valence-electron chi connectivity index (χ3n) is 5.00. The third kappa shape index (κ3) is 3.20. The van der Waals surface area contributed by atoms with E-state index in [0.29, 0.717) is 17.2 Å². The first kappa shape index (κ1) is 21.2. The number of carbonyl (C=O) groups excluding carboxylic acids is 1. The molecule has 0 saturated heterocycles. The molecule has 0 amide bonds. The molecular weight excluding hydrogens is 374 g/mol. The van der Waals surface area contributed by atoms with Crippen LogP contribution in [0.2, 0.25) is 0 Å². The van der Waals surface area contributed by atoms with Gasteiger partial charge >= 0.3 is 12.4 Å². The van der Waals surface area contributed by atoms with E-state index in [1.54, 1.807) is 38.1 Å². The Bertz CT molecular complexity index is 774. The van der Waals surface area contributed by atoms with Gasteiger partial charge in [-0.3, -0.25) is 0 Å². The molecule has 0 heterocycles. The first-order valence-corrected chi connectivity index (χ1v) is 8.14. The van der Waals surface area contributed by atoms with Gasteiger partial charge in [0.05, 0.1) is 5.41 Å². The summed E-state index contributed by atoms with van der Waals surface area (Å²) in [5.41, 5.74) is -6.27. The number of aryl methyl sites for hydroxylation is 1. The molecule has 0 fully saturated rings. The molecule has 0 saturated carbocycles. The van der Waals surface area contributed by atoms with Gasteiger partial charge in [0.25, 0.3) is 5.60 Å². The second kappa shape index (κ2) is 6.82. The van der Waals surface area contributed by atoms with Crippen molar-refractivity contribution in [3.05, 3.63) is 53.1 Å². The van der Waals surface area contributed by atoms with Gasteiger partial charge in [-0.25, -0.2) is 0 Å². The summed E-state index contributed by atoms with van der Waals surface area (Å²) in [5, 5.41) is 9.83. The van der Waals surface area contributed by atoms with Crippen molar-refractivity contribution in [2.75, 3.05) is 0 Å². The van der Waals surface area contributed by atoms with Crippen molar-refractivity contribution in [1.29, 1.82) is 0 Å². The lowest BCUT2D eigenvalue weighted by Crippen LogP contribution is -2.67. The quantitative estimate of drug-likeness (QED) is 0.568. The second-order valence-electron chi connectivity index (χ2n) is 6.56. The topological polar surface area (TPSA) is 37.3 Å². The highest BCUT2D eigenvalue weighted by molar-refractivity contribution is 5.83. The van der Waals surface area contributed by atoms with Gasteiger partial charge in [0.15, 0.2) is 0 Å². The van der Waals surface area contributed by atoms with Gasteiger partial charge in [-0.05, 0) is 36.5 Å². The Balaban J connectivity index is 2.68. The third-order valence-corrected chi connectivity index (χ3v) is 5.00. The highest BCUT2D eigenvalue weighted by atomic mass is 19.4. The smallest absolute Gasteiger partial charge is 0.373 e. The van der Waals surface area contributed by atoms with Crippen LogP contribution in [0, 0.1) is 12.3 Å². The predicted molar refractivity (Wildman–Crippen MR) is 87.7 cm³/mol. The number of aldehydes is 1. The Labute approximate surface area is 152 Å². The molecule has 0 radical (unpaired) electrons. The van der Waals surface area contributed by atoms with Gasteiger partial charge in [-0.2, -0.15) is 26.3 Å². The molecule has 0 bridgehead atoms. The Morgan fingerprint density at radius 1 is 1.11 bits per heavy atom. The van der Waals surface area contributed by atoms with E-state index >= 15 is 0 Å². The highest BCUT2D eigenvalue weighted by Gasteiger charge is 2.79. The number of aliphatic hydroxyl groups is 1. The second-order valence-corrected chi connectivity index (χ2v) is 6.56. The lowest BCUT2D eigenvalue weighted by Gasteiger charge is -2.45. The fourth-order valence-electron chi connectivity index (χ4n) is 3.43. The summed E-state index contributed by atoms with van der Waals surface area (Å²) in [5.74, 6) is 0. The van der Waals surface area contributed by atoms with Crippen molar-refractivity contribution < 1.29 is 36.2 Å². The van der Waals surface area contributed by atoms with E-state index in [2.05, 4.69) is 0 Å². The summed E-state index contributed by atoms with van der Waals surface area (Å²) >= 11 is 0. The minimum atomic E-state index is -6.09. The number of rotatable bonds is 4. The van der Waals surface area contributed by atoms with Crippen LogP contribution in [0.3, 0.4) is 0 Å². The van der Waals surface area contributed by atoms with Crippen molar-refractivity contribution >= 4 is 11.9 Å². The zero-order valence-corrected chi connectivity index (χ0v) is 14.6. The summed E-state index contributed by atoms with van der Waals surface area (Å²) < 4.78 is 80.1. The average molecular weight is 392 g/mol. The molecule has 0 spiro atoms. The summed E-state index contributed by atoms with van der Waals surface area (Å²) in [7, 11) is 0. The van der Waals surface area contributed by atoms with E-state index < -0.39 is 36.1 Å². The van der Waals surface area contributed by atoms with Crippen molar-refractivity contribution in [3.63, 3.8) is 0 Å². The van der Waals surface area contributed by atoms with E-state index in [-0.39, 0.29) is 12.0 Å². The molecule has 1 aliphatic carbocycles. The van der Waals surface area contributed by atoms with Crippen LogP contribution < -0.4 is 0 Å². The molecule has 1 aliphatic rings. The summed E-state index contributed by atoms with van der Waals surface area (Å²) in [6.45, 7) is 3.33. The molecule has 148 valence electrons. The molecule has 27 heavy (non-hydrogen) atoms. The van der Waals surface area contributed by atoms with Crippen molar-refractivity contribution in [2.45, 2.75) is 44.6 Å². The molecule has 2 rings (SSSR count). The van der Waals surface area contributed by atoms with E-state index in [0.717, 1.165) is 11.6 Å². The van der Waals surface area contributed by atoms with Crippen LogP contribution >= 0.6 is 0 Å². The standard InChI is InChI=1S/C19H18F6O2/c1-3-13-10-16(11-26,17(27,18(20,21)22)19(23,24)25)9-8-15(13)14-7-5-4-6-12(14)2/h4-9,11,27H,3,10H2,1-2H3. The molecule has 0 aromatic heterocycles. The monoisotopic (exact) mass is 392 g/mol. The lowest BCUT2D eigenvalue weighted by atomic mass is 9.64. The van der Waals surface area contributed by atoms with Gasteiger partial charge in [0.1, 0.15) is 6.29 Å². The number of benzene rings is 1. The van der Waals surface area contributed by atoms with Crippen LogP contribution in [-0.4, -0.2) is 29.3 Å². The molecule has 1 aromatic rings. The van der Waals surface area contributed by atoms with Crippen LogP contribution in [0.15, 0.2) is 42.0 Å². The zero-order chi connectivity index (χ0) is 20.7. The minimum absolute atomic E-state index is 0.120. The normalized spacial score (nSPS) is 21.5. The maximum absolute atomic E-state index is 13.4. The van der Waals surface area contributed by atoms with Gasteiger partial charge in [0, 0.05) is 0 Å². The molecule has 1 N–H and O–H groups in total. The largest absolute Gasteiger partial charge is 0.427 e. The molecular formula is C19H18F6O2. The SMILES string of the molecule is CCC1=C(c2ccccc2C)C=CC(C=O)(C(O)(C(F)(F)F)C(F)(F)F)C1. The fraction of sp³-hybridized carbons (Fsp3) is 0.421. The number of carbonyl (C=O) groups is 1. The highest BCUT2D eigenvalue weighted by Crippen LogP contribution is 2.57. The fourth-order valence-corrected chi connectivity index (χ4v) is 3.43. The molecule has 1 unspecified atom stereocenters. The van der Waals surface area contributed by atoms with Crippen molar-refractivity contribution in [2.24, 2.45) is 5.41 Å². The van der Waals surface area contributed by atoms with Gasteiger partial charge in [-0.1, -0.05) is 48.9 Å². The Morgan fingerprint density at radius 3 is 2.11 bits per heavy atom. The van der Waals surface area contributed by atoms with Crippen LogP contribution in [-0.2, 0) is 4.79 Å². The number of hydrogen-bond donors (Lipinski definition) is 1. The van der Waals surface area contributed by atoms with E-state index in [9.17, 15) is 36.2 Å². The van der Waals surface area contributed by atoms with Crippen LogP contribution in [0.4, 0.5) is 26.3 Å². The first-order valence-electron chi connectivity index (χ1n) is 8.14.